The van der Waals surface area contributed by atoms with Crippen molar-refractivity contribution in [1.82, 2.24) is 4.52 Å². The first-order valence-electron chi connectivity index (χ1n) is 5.48. The van der Waals surface area contributed by atoms with Crippen LogP contribution in [0.15, 0.2) is 60.7 Å². The van der Waals surface area contributed by atoms with Gasteiger partial charge in [-0.05, 0) is 24.3 Å². The minimum absolute atomic E-state index is 0.201. The molecule has 0 atom stereocenters. The second-order valence-electron chi connectivity index (χ2n) is 3.77. The lowest BCUT2D eigenvalue weighted by Crippen LogP contribution is -2.50. The molecule has 0 radical (unpaired) electrons. The molecule has 0 amide bonds. The topological polar surface area (TPSA) is 92.7 Å². The average molecular weight is 278 g/mol. The number of anilines is 2. The largest absolute Gasteiger partial charge is 0.334 e. The molecule has 0 heterocycles. The van der Waals surface area contributed by atoms with Crippen molar-refractivity contribution in [3.63, 3.8) is 0 Å². The summed E-state index contributed by atoms with van der Waals surface area (Å²) in [6, 6.07) is 17.2. The van der Waals surface area contributed by atoms with E-state index >= 15 is 0 Å². The standard InChI is InChI=1S/C12H14N4O2S/c13-16(14)19(17,18)15(11-7-3-1-4-8-11)12-9-5-2-6-10-12/h1-10H,13-14H2. The van der Waals surface area contributed by atoms with Crippen LogP contribution in [0.1, 0.15) is 0 Å². The third kappa shape index (κ3) is 2.74. The van der Waals surface area contributed by atoms with Gasteiger partial charge in [-0.25, -0.2) is 16.0 Å². The monoisotopic (exact) mass is 278 g/mol. The van der Waals surface area contributed by atoms with E-state index in [9.17, 15) is 8.42 Å². The third-order valence-electron chi connectivity index (χ3n) is 2.48. The third-order valence-corrected chi connectivity index (χ3v) is 3.89. The van der Waals surface area contributed by atoms with Gasteiger partial charge in [-0.15, -0.1) is 0 Å². The fourth-order valence-corrected chi connectivity index (χ4v) is 2.60. The van der Waals surface area contributed by atoms with Gasteiger partial charge < -0.3 is 0 Å². The molecule has 7 heteroatoms. The Hall–Kier alpha value is -1.93. The fourth-order valence-electron chi connectivity index (χ4n) is 1.64. The molecule has 0 fully saturated rings. The molecule has 0 aliphatic carbocycles. The van der Waals surface area contributed by atoms with Crippen LogP contribution in [0, 0.1) is 0 Å². The van der Waals surface area contributed by atoms with E-state index < -0.39 is 10.2 Å². The second-order valence-corrected chi connectivity index (χ2v) is 5.46. The summed E-state index contributed by atoms with van der Waals surface area (Å²) in [7, 11) is -4.02. The van der Waals surface area contributed by atoms with Crippen LogP contribution in [0.25, 0.3) is 0 Å². The second kappa shape index (κ2) is 5.37. The lowest BCUT2D eigenvalue weighted by atomic mass is 10.3. The molecule has 100 valence electrons. The number of hydrazine groups is 2. The van der Waals surface area contributed by atoms with Crippen molar-refractivity contribution in [2.24, 2.45) is 11.7 Å². The molecule has 0 unspecified atom stereocenters. The zero-order chi connectivity index (χ0) is 13.9. The summed E-state index contributed by atoms with van der Waals surface area (Å²) in [5.74, 6) is 10.5. The maximum Gasteiger partial charge on any atom is 0.334 e. The first-order chi connectivity index (χ1) is 9.03. The van der Waals surface area contributed by atoms with Gasteiger partial charge in [-0.1, -0.05) is 40.9 Å². The molecule has 0 saturated carbocycles. The van der Waals surface area contributed by atoms with Crippen LogP contribution >= 0.6 is 0 Å². The predicted octanol–water partition coefficient (Wildman–Crippen LogP) is 1.12. The van der Waals surface area contributed by atoms with Gasteiger partial charge in [0.05, 0.1) is 11.4 Å². The molecule has 0 bridgehead atoms. The zero-order valence-electron chi connectivity index (χ0n) is 10.0. The lowest BCUT2D eigenvalue weighted by Gasteiger charge is -2.26. The smallest absolute Gasteiger partial charge is 0.239 e. The summed E-state index contributed by atoms with van der Waals surface area (Å²) in [6.07, 6.45) is 0. The number of benzene rings is 2. The summed E-state index contributed by atoms with van der Waals surface area (Å²) in [5.41, 5.74) is 0.907. The molecular formula is C12H14N4O2S. The summed E-state index contributed by atoms with van der Waals surface area (Å²) >= 11 is 0. The van der Waals surface area contributed by atoms with E-state index in [0.29, 0.717) is 11.4 Å². The summed E-state index contributed by atoms with van der Waals surface area (Å²) in [6.45, 7) is 0. The molecule has 0 spiro atoms. The van der Waals surface area contributed by atoms with Crippen LogP contribution in [-0.2, 0) is 10.2 Å². The van der Waals surface area contributed by atoms with E-state index in [2.05, 4.69) is 0 Å². The quantitative estimate of drug-likeness (QED) is 0.647. The average Bonchev–Trinajstić information content (AvgIpc) is 2.41. The molecule has 6 nitrogen and oxygen atoms in total. The fraction of sp³-hybridized carbons (Fsp3) is 0. The minimum Gasteiger partial charge on any atom is -0.239 e. The van der Waals surface area contributed by atoms with Gasteiger partial charge in [0.25, 0.3) is 0 Å². The van der Waals surface area contributed by atoms with Crippen molar-refractivity contribution in [3.8, 4) is 0 Å². The maximum atomic E-state index is 12.2. The highest BCUT2D eigenvalue weighted by molar-refractivity contribution is 7.90. The molecule has 4 N–H and O–H groups in total. The van der Waals surface area contributed by atoms with Gasteiger partial charge in [-0.2, -0.15) is 8.42 Å². The maximum absolute atomic E-state index is 12.2. The van der Waals surface area contributed by atoms with E-state index in [1.807, 2.05) is 0 Å². The zero-order valence-corrected chi connectivity index (χ0v) is 10.9. The van der Waals surface area contributed by atoms with Crippen molar-refractivity contribution < 1.29 is 8.42 Å². The number of nitrogens with zero attached hydrogens (tertiary/aromatic N) is 2. The Balaban J connectivity index is 2.59. The molecule has 19 heavy (non-hydrogen) atoms. The Morgan fingerprint density at radius 3 is 1.42 bits per heavy atom. The van der Waals surface area contributed by atoms with Gasteiger partial charge in [-0.3, -0.25) is 0 Å². The van der Waals surface area contributed by atoms with Crippen LogP contribution in [0.5, 0.6) is 0 Å². The lowest BCUT2D eigenvalue weighted by molar-refractivity contribution is 0.443. The number of hydrogen-bond donors (Lipinski definition) is 2. The highest BCUT2D eigenvalue weighted by Gasteiger charge is 2.27. The van der Waals surface area contributed by atoms with E-state index in [1.54, 1.807) is 60.7 Å². The van der Waals surface area contributed by atoms with Gasteiger partial charge in [0.2, 0.25) is 0 Å². The first-order valence-corrected chi connectivity index (χ1v) is 6.88. The van der Waals surface area contributed by atoms with Crippen LogP contribution < -0.4 is 16.0 Å². The number of para-hydroxylation sites is 2. The molecule has 0 aliphatic rings. The Kier molecular flexibility index (Phi) is 3.82. The molecule has 2 rings (SSSR count). The van der Waals surface area contributed by atoms with E-state index in [0.717, 1.165) is 4.31 Å². The predicted molar refractivity (Wildman–Crippen MR) is 74.2 cm³/mol. The van der Waals surface area contributed by atoms with Gasteiger partial charge >= 0.3 is 10.2 Å². The number of rotatable bonds is 4. The normalized spacial score (nSPS) is 11.5. The number of nitrogens with two attached hydrogens (primary N) is 2. The SMILES string of the molecule is NN(N)S(=O)(=O)N(c1ccccc1)c1ccccc1. The molecule has 0 aliphatic heterocycles. The highest BCUT2D eigenvalue weighted by Crippen LogP contribution is 2.28. The highest BCUT2D eigenvalue weighted by atomic mass is 32.2. The summed E-state index contributed by atoms with van der Waals surface area (Å²) in [4.78, 5) is 0. The van der Waals surface area contributed by atoms with Crippen molar-refractivity contribution in [1.29, 1.82) is 0 Å². The Labute approximate surface area is 112 Å². The minimum atomic E-state index is -4.02. The molecule has 0 aromatic heterocycles. The van der Waals surface area contributed by atoms with Gasteiger partial charge in [0, 0.05) is 0 Å². The summed E-state index contributed by atoms with van der Waals surface area (Å²) in [5, 5.41) is 0. The molecule has 2 aromatic rings. The molecule has 0 saturated heterocycles. The van der Waals surface area contributed by atoms with Crippen LogP contribution in [0.3, 0.4) is 0 Å². The van der Waals surface area contributed by atoms with E-state index in [1.165, 1.54) is 0 Å². The van der Waals surface area contributed by atoms with Gasteiger partial charge in [0.1, 0.15) is 0 Å². The Bertz CT molecular complexity index is 590. The molecule has 2 aromatic carbocycles. The van der Waals surface area contributed by atoms with Crippen LogP contribution in [0.2, 0.25) is 0 Å². The van der Waals surface area contributed by atoms with E-state index in [-0.39, 0.29) is 4.52 Å². The number of hydrogen-bond acceptors (Lipinski definition) is 4. The van der Waals surface area contributed by atoms with Gasteiger partial charge in [0.15, 0.2) is 0 Å². The Morgan fingerprint density at radius 1 is 0.737 bits per heavy atom. The van der Waals surface area contributed by atoms with E-state index in [4.69, 9.17) is 11.7 Å². The summed E-state index contributed by atoms with van der Waals surface area (Å²) < 4.78 is 25.7. The van der Waals surface area contributed by atoms with Crippen LogP contribution in [-0.4, -0.2) is 12.9 Å². The van der Waals surface area contributed by atoms with Crippen molar-refractivity contribution in [2.45, 2.75) is 0 Å². The first kappa shape index (κ1) is 13.5. The molecular weight excluding hydrogens is 264 g/mol. The van der Waals surface area contributed by atoms with Crippen molar-refractivity contribution >= 4 is 21.6 Å². The van der Waals surface area contributed by atoms with Crippen molar-refractivity contribution in [2.75, 3.05) is 4.31 Å². The van der Waals surface area contributed by atoms with Crippen LogP contribution in [0.4, 0.5) is 11.4 Å². The van der Waals surface area contributed by atoms with Crippen molar-refractivity contribution in [3.05, 3.63) is 60.7 Å². The Morgan fingerprint density at radius 2 is 1.11 bits per heavy atom.